The van der Waals surface area contributed by atoms with Crippen molar-refractivity contribution in [3.8, 4) is 0 Å². The summed E-state index contributed by atoms with van der Waals surface area (Å²) in [6.07, 6.45) is 8.85. The molecule has 1 heterocycles. The highest BCUT2D eigenvalue weighted by Gasteiger charge is 2.52. The van der Waals surface area contributed by atoms with Gasteiger partial charge in [-0.2, -0.15) is 0 Å². The summed E-state index contributed by atoms with van der Waals surface area (Å²) in [5.74, 6) is 1.52. The Morgan fingerprint density at radius 3 is 2.58 bits per heavy atom. The first-order valence-electron chi connectivity index (χ1n) is 9.29. The molecule has 1 saturated heterocycles. The highest BCUT2D eigenvalue weighted by atomic mass is 28.4. The lowest BCUT2D eigenvalue weighted by atomic mass is 9.82. The van der Waals surface area contributed by atoms with Crippen LogP contribution in [0.3, 0.4) is 0 Å². The number of allylic oxidation sites excluding steroid dienone is 2. The predicted molar refractivity (Wildman–Crippen MR) is 99.1 cm³/mol. The standard InChI is InChI=1S/C20H32O3Si/c1-7-13-10-14-8-9-15-17(12-22-19(15)21)18(16(14)11-13)23-24(5,6)20(2,3)4/h7-9,13-18H,1,10-12H2,2-6H3/t13-,14+,15-,16-,17+,18-/m0/s1. The minimum absolute atomic E-state index is 0.0691. The molecule has 0 bridgehead atoms. The number of carbonyl (C=O) groups is 1. The van der Waals surface area contributed by atoms with Gasteiger partial charge in [-0.25, -0.2) is 0 Å². The summed E-state index contributed by atoms with van der Waals surface area (Å²) in [5.41, 5.74) is 0. The Labute approximate surface area is 147 Å². The zero-order chi connectivity index (χ0) is 17.7. The van der Waals surface area contributed by atoms with E-state index in [-0.39, 0.29) is 28.9 Å². The van der Waals surface area contributed by atoms with Crippen LogP contribution < -0.4 is 0 Å². The van der Waals surface area contributed by atoms with Crippen molar-refractivity contribution in [3.05, 3.63) is 24.8 Å². The molecule has 1 saturated carbocycles. The fourth-order valence-corrected chi connectivity index (χ4v) is 5.67. The molecule has 6 atom stereocenters. The second-order valence-corrected chi connectivity index (χ2v) is 14.1. The molecule has 2 aliphatic carbocycles. The van der Waals surface area contributed by atoms with Gasteiger partial charge in [-0.15, -0.1) is 6.58 Å². The Bertz CT molecular complexity index is 546. The number of ether oxygens (including phenoxy) is 1. The van der Waals surface area contributed by atoms with E-state index in [0.717, 1.165) is 12.8 Å². The average molecular weight is 349 g/mol. The Morgan fingerprint density at radius 1 is 1.25 bits per heavy atom. The predicted octanol–water partition coefficient (Wildman–Crippen LogP) is 4.56. The number of fused-ring (bicyclic) bond motifs is 2. The van der Waals surface area contributed by atoms with Gasteiger partial charge in [0.2, 0.25) is 0 Å². The number of cyclic esters (lactones) is 1. The van der Waals surface area contributed by atoms with E-state index >= 15 is 0 Å². The zero-order valence-corrected chi connectivity index (χ0v) is 16.7. The average Bonchev–Trinajstić information content (AvgIpc) is 3.02. The highest BCUT2D eigenvalue weighted by molar-refractivity contribution is 6.74. The molecule has 0 unspecified atom stereocenters. The molecule has 2 fully saturated rings. The Morgan fingerprint density at radius 2 is 1.96 bits per heavy atom. The van der Waals surface area contributed by atoms with Crippen LogP contribution in [0.1, 0.15) is 33.6 Å². The SMILES string of the molecule is C=C[C@@H]1C[C@@H]2[C@H](O[Si](C)(C)C(C)(C)C)[C@@H]3COC(=O)[C@H]3C=C[C@@H]2C1. The van der Waals surface area contributed by atoms with Crippen LogP contribution in [0.4, 0.5) is 0 Å². The smallest absolute Gasteiger partial charge is 0.313 e. The van der Waals surface area contributed by atoms with Crippen molar-refractivity contribution in [3.63, 3.8) is 0 Å². The van der Waals surface area contributed by atoms with Gasteiger partial charge in [-0.1, -0.05) is 39.0 Å². The van der Waals surface area contributed by atoms with Crippen LogP contribution in [0, 0.1) is 29.6 Å². The Balaban J connectivity index is 1.93. The highest BCUT2D eigenvalue weighted by Crippen LogP contribution is 2.50. The van der Waals surface area contributed by atoms with Gasteiger partial charge < -0.3 is 9.16 Å². The van der Waals surface area contributed by atoms with Crippen LogP contribution in [0.15, 0.2) is 24.8 Å². The van der Waals surface area contributed by atoms with Crippen molar-refractivity contribution in [1.82, 2.24) is 0 Å². The molecule has 0 N–H and O–H groups in total. The maximum absolute atomic E-state index is 12.2. The molecule has 134 valence electrons. The molecule has 0 amide bonds. The minimum atomic E-state index is -1.91. The van der Waals surface area contributed by atoms with Gasteiger partial charge in [-0.05, 0) is 48.7 Å². The van der Waals surface area contributed by atoms with Crippen LogP contribution in [-0.2, 0) is 14.0 Å². The van der Waals surface area contributed by atoms with E-state index in [2.05, 4.69) is 58.7 Å². The van der Waals surface area contributed by atoms with Gasteiger partial charge in [0.1, 0.15) is 0 Å². The molecule has 0 aromatic carbocycles. The van der Waals surface area contributed by atoms with E-state index in [1.165, 1.54) is 0 Å². The lowest BCUT2D eigenvalue weighted by Crippen LogP contribution is -2.49. The quantitative estimate of drug-likeness (QED) is 0.426. The number of rotatable bonds is 3. The lowest BCUT2D eigenvalue weighted by Gasteiger charge is -2.43. The summed E-state index contributed by atoms with van der Waals surface area (Å²) in [6.45, 7) is 16.0. The number of hydrogen-bond donors (Lipinski definition) is 0. The van der Waals surface area contributed by atoms with Crippen molar-refractivity contribution >= 4 is 14.3 Å². The molecule has 3 rings (SSSR count). The summed E-state index contributed by atoms with van der Waals surface area (Å²) >= 11 is 0. The van der Waals surface area contributed by atoms with Gasteiger partial charge in [0.05, 0.1) is 18.6 Å². The van der Waals surface area contributed by atoms with Crippen LogP contribution in [0.5, 0.6) is 0 Å². The van der Waals surface area contributed by atoms with Crippen molar-refractivity contribution in [2.75, 3.05) is 6.61 Å². The lowest BCUT2D eigenvalue weighted by molar-refractivity contribution is -0.140. The summed E-state index contributed by atoms with van der Waals surface area (Å²) in [4.78, 5) is 12.2. The second kappa shape index (κ2) is 6.13. The largest absolute Gasteiger partial charge is 0.465 e. The van der Waals surface area contributed by atoms with E-state index in [0.29, 0.717) is 24.4 Å². The van der Waals surface area contributed by atoms with E-state index in [1.807, 2.05) is 0 Å². The van der Waals surface area contributed by atoms with Crippen molar-refractivity contribution in [2.24, 2.45) is 29.6 Å². The van der Waals surface area contributed by atoms with Crippen molar-refractivity contribution in [2.45, 2.75) is 57.8 Å². The molecule has 0 aromatic heterocycles. The molecule has 4 heteroatoms. The molecule has 0 aromatic rings. The molecular formula is C20H32O3Si. The van der Waals surface area contributed by atoms with E-state index in [1.54, 1.807) is 0 Å². The summed E-state index contributed by atoms with van der Waals surface area (Å²) < 4.78 is 12.3. The number of carbonyl (C=O) groups excluding carboxylic acids is 1. The molecule has 0 spiro atoms. The Kier molecular flexibility index (Phi) is 4.58. The minimum Gasteiger partial charge on any atom is -0.465 e. The Hall–Kier alpha value is -0.873. The summed E-state index contributed by atoms with van der Waals surface area (Å²) in [5, 5.41) is 0.164. The number of hydrogen-bond acceptors (Lipinski definition) is 3. The third-order valence-electron chi connectivity index (χ3n) is 6.83. The maximum atomic E-state index is 12.2. The fourth-order valence-electron chi connectivity index (χ4n) is 4.28. The van der Waals surface area contributed by atoms with Crippen molar-refractivity contribution < 1.29 is 14.0 Å². The summed E-state index contributed by atoms with van der Waals surface area (Å²) in [6, 6.07) is 0. The van der Waals surface area contributed by atoms with Gasteiger partial charge in [0.15, 0.2) is 8.32 Å². The first-order chi connectivity index (χ1) is 11.1. The molecule has 3 aliphatic rings. The molecule has 1 aliphatic heterocycles. The maximum Gasteiger partial charge on any atom is 0.313 e. The van der Waals surface area contributed by atoms with Crippen LogP contribution in [0.2, 0.25) is 18.1 Å². The summed E-state index contributed by atoms with van der Waals surface area (Å²) in [7, 11) is -1.91. The normalized spacial score (nSPS) is 39.1. The fraction of sp³-hybridized carbons (Fsp3) is 0.750. The van der Waals surface area contributed by atoms with Crippen molar-refractivity contribution in [1.29, 1.82) is 0 Å². The van der Waals surface area contributed by atoms with Crippen LogP contribution in [0.25, 0.3) is 0 Å². The molecule has 24 heavy (non-hydrogen) atoms. The van der Waals surface area contributed by atoms with Crippen LogP contribution in [-0.4, -0.2) is 27.0 Å². The van der Waals surface area contributed by atoms with E-state index in [4.69, 9.17) is 9.16 Å². The van der Waals surface area contributed by atoms with Gasteiger partial charge in [0.25, 0.3) is 0 Å². The molecule has 3 nitrogen and oxygen atoms in total. The van der Waals surface area contributed by atoms with E-state index in [9.17, 15) is 4.79 Å². The van der Waals surface area contributed by atoms with Crippen LogP contribution >= 0.6 is 0 Å². The van der Waals surface area contributed by atoms with Gasteiger partial charge in [0, 0.05) is 5.92 Å². The second-order valence-electron chi connectivity index (χ2n) is 9.34. The first kappa shape index (κ1) is 17.9. The molecular weight excluding hydrogens is 316 g/mol. The van der Waals surface area contributed by atoms with E-state index < -0.39 is 8.32 Å². The third kappa shape index (κ3) is 3.03. The van der Waals surface area contributed by atoms with Gasteiger partial charge >= 0.3 is 5.97 Å². The first-order valence-corrected chi connectivity index (χ1v) is 12.2. The topological polar surface area (TPSA) is 35.5 Å². The third-order valence-corrected chi connectivity index (χ3v) is 11.3. The van der Waals surface area contributed by atoms with Gasteiger partial charge in [-0.3, -0.25) is 4.79 Å². The molecule has 0 radical (unpaired) electrons. The zero-order valence-electron chi connectivity index (χ0n) is 15.7. The monoisotopic (exact) mass is 348 g/mol. The number of esters is 1.